The average Bonchev–Trinajstić information content (AvgIpc) is 2.29. The van der Waals surface area contributed by atoms with Gasteiger partial charge in [0.25, 0.3) is 0 Å². The van der Waals surface area contributed by atoms with Gasteiger partial charge >= 0.3 is 5.97 Å². The van der Waals surface area contributed by atoms with E-state index in [9.17, 15) is 9.59 Å². The number of carboxylic acids is 1. The van der Waals surface area contributed by atoms with Gasteiger partial charge in [0.05, 0.1) is 11.8 Å². The molecule has 0 aliphatic heterocycles. The van der Waals surface area contributed by atoms with E-state index < -0.39 is 11.4 Å². The average molecular weight is 361 g/mol. The number of carbonyl (C=O) groups is 2. The van der Waals surface area contributed by atoms with Crippen LogP contribution in [0, 0.1) is 8.99 Å². The Balaban J connectivity index is 2.54. The maximum Gasteiger partial charge on any atom is 0.310 e. The Bertz CT molecular complexity index is 457. The highest BCUT2D eigenvalue weighted by Gasteiger charge is 2.27. The molecule has 0 aromatic heterocycles. The summed E-state index contributed by atoms with van der Waals surface area (Å²) in [4.78, 5) is 22.6. The summed E-state index contributed by atoms with van der Waals surface area (Å²) in [6.07, 6.45) is 0.273. The minimum absolute atomic E-state index is 0.130. The first-order valence-electron chi connectivity index (χ1n) is 5.56. The lowest BCUT2D eigenvalue weighted by atomic mass is 9.94. The number of nitrogens with one attached hydrogen (secondary N) is 1. The molecule has 2 N–H and O–H groups in total. The molecule has 0 heterocycles. The summed E-state index contributed by atoms with van der Waals surface area (Å²) < 4.78 is 1.03. The van der Waals surface area contributed by atoms with Crippen molar-refractivity contribution in [3.8, 4) is 0 Å². The monoisotopic (exact) mass is 361 g/mol. The van der Waals surface area contributed by atoms with Gasteiger partial charge in [-0.15, -0.1) is 0 Å². The van der Waals surface area contributed by atoms with Crippen LogP contribution in [0.4, 0.5) is 0 Å². The van der Waals surface area contributed by atoms with E-state index in [4.69, 9.17) is 5.11 Å². The number of carbonyl (C=O) groups excluding carboxylic acids is 1. The van der Waals surface area contributed by atoms with Gasteiger partial charge in [0, 0.05) is 10.1 Å². The summed E-state index contributed by atoms with van der Waals surface area (Å²) in [7, 11) is 0. The van der Waals surface area contributed by atoms with Gasteiger partial charge in [0.15, 0.2) is 0 Å². The van der Waals surface area contributed by atoms with Crippen LogP contribution in [0.15, 0.2) is 24.3 Å². The second-order valence-electron chi connectivity index (χ2n) is 4.73. The van der Waals surface area contributed by atoms with Gasteiger partial charge in [0.2, 0.25) is 5.91 Å². The summed E-state index contributed by atoms with van der Waals surface area (Å²) in [5.41, 5.74) is 0.00296. The van der Waals surface area contributed by atoms with Crippen molar-refractivity contribution in [3.63, 3.8) is 0 Å². The third kappa shape index (κ3) is 4.29. The van der Waals surface area contributed by atoms with E-state index in [0.717, 1.165) is 9.13 Å². The molecule has 0 fully saturated rings. The first-order chi connectivity index (χ1) is 8.33. The van der Waals surface area contributed by atoms with Gasteiger partial charge < -0.3 is 10.4 Å². The van der Waals surface area contributed by atoms with Crippen molar-refractivity contribution in [1.82, 2.24) is 5.32 Å². The van der Waals surface area contributed by atoms with Gasteiger partial charge in [-0.1, -0.05) is 18.2 Å². The molecule has 1 aromatic carbocycles. The van der Waals surface area contributed by atoms with Crippen LogP contribution in [0.2, 0.25) is 0 Å². The molecule has 1 amide bonds. The smallest absolute Gasteiger partial charge is 0.310 e. The van der Waals surface area contributed by atoms with Crippen LogP contribution in [0.5, 0.6) is 0 Å². The lowest BCUT2D eigenvalue weighted by Gasteiger charge is -2.19. The third-order valence-corrected chi connectivity index (χ3v) is 3.67. The lowest BCUT2D eigenvalue weighted by Crippen LogP contribution is -2.39. The lowest BCUT2D eigenvalue weighted by molar-refractivity contribution is -0.146. The molecule has 1 aromatic rings. The molecule has 0 atom stereocenters. The number of amides is 1. The second kappa shape index (κ2) is 6.17. The number of halogens is 1. The van der Waals surface area contributed by atoms with Crippen LogP contribution in [-0.2, 0) is 16.0 Å². The van der Waals surface area contributed by atoms with Gasteiger partial charge in [-0.05, 0) is 48.1 Å². The predicted octanol–water partition coefficient (Wildman–Crippen LogP) is 2.06. The summed E-state index contributed by atoms with van der Waals surface area (Å²) in [6, 6.07) is 7.62. The van der Waals surface area contributed by atoms with Crippen molar-refractivity contribution >= 4 is 34.5 Å². The molecule has 1 rings (SSSR count). The second-order valence-corrected chi connectivity index (χ2v) is 5.90. The van der Waals surface area contributed by atoms with Crippen molar-refractivity contribution in [3.05, 3.63) is 33.4 Å². The minimum Gasteiger partial charge on any atom is -0.481 e. The molecule has 0 unspecified atom stereocenters. The quantitative estimate of drug-likeness (QED) is 0.789. The van der Waals surface area contributed by atoms with E-state index in [-0.39, 0.29) is 18.9 Å². The first-order valence-corrected chi connectivity index (χ1v) is 6.64. The maximum absolute atomic E-state index is 11.7. The number of hydrogen-bond acceptors (Lipinski definition) is 2. The van der Waals surface area contributed by atoms with Crippen molar-refractivity contribution in [2.24, 2.45) is 5.41 Å². The highest BCUT2D eigenvalue weighted by molar-refractivity contribution is 14.1. The molecule has 0 radical (unpaired) electrons. The van der Waals surface area contributed by atoms with Crippen molar-refractivity contribution in [1.29, 1.82) is 0 Å². The zero-order chi connectivity index (χ0) is 13.8. The molecule has 0 bridgehead atoms. The largest absolute Gasteiger partial charge is 0.481 e. The van der Waals surface area contributed by atoms with E-state index in [1.807, 2.05) is 24.3 Å². The molecule has 98 valence electrons. The van der Waals surface area contributed by atoms with E-state index in [0.29, 0.717) is 0 Å². The summed E-state index contributed by atoms with van der Waals surface area (Å²) >= 11 is 2.17. The van der Waals surface area contributed by atoms with Gasteiger partial charge in [-0.2, -0.15) is 0 Å². The fourth-order valence-electron chi connectivity index (χ4n) is 1.27. The molecule has 0 saturated heterocycles. The topological polar surface area (TPSA) is 66.4 Å². The SMILES string of the molecule is CC(C)(CNC(=O)Cc1ccccc1I)C(=O)O. The molecule has 0 aliphatic rings. The molecule has 4 nitrogen and oxygen atoms in total. The fraction of sp³-hybridized carbons (Fsp3) is 0.385. The van der Waals surface area contributed by atoms with Gasteiger partial charge in [-0.3, -0.25) is 9.59 Å². The highest BCUT2D eigenvalue weighted by atomic mass is 127. The molecule has 0 aliphatic carbocycles. The normalized spacial score (nSPS) is 11.1. The van der Waals surface area contributed by atoms with Crippen LogP contribution in [0.25, 0.3) is 0 Å². The van der Waals surface area contributed by atoms with Crippen LogP contribution in [-0.4, -0.2) is 23.5 Å². The summed E-state index contributed by atoms with van der Waals surface area (Å²) in [5.74, 6) is -1.08. The van der Waals surface area contributed by atoms with Crippen LogP contribution >= 0.6 is 22.6 Å². The summed E-state index contributed by atoms with van der Waals surface area (Å²) in [6.45, 7) is 3.30. The van der Waals surface area contributed by atoms with E-state index in [2.05, 4.69) is 27.9 Å². The molecule has 18 heavy (non-hydrogen) atoms. The molecular formula is C13H16INO3. The van der Waals surface area contributed by atoms with E-state index >= 15 is 0 Å². The zero-order valence-corrected chi connectivity index (χ0v) is 12.5. The van der Waals surface area contributed by atoms with E-state index in [1.54, 1.807) is 13.8 Å². The molecular weight excluding hydrogens is 345 g/mol. The van der Waals surface area contributed by atoms with Crippen molar-refractivity contribution in [2.75, 3.05) is 6.54 Å². The molecule has 0 saturated carbocycles. The Hall–Kier alpha value is -1.11. The number of hydrogen-bond donors (Lipinski definition) is 2. The Morgan fingerprint density at radius 3 is 2.50 bits per heavy atom. The maximum atomic E-state index is 11.7. The molecule has 0 spiro atoms. The Kier molecular flexibility index (Phi) is 5.13. The standard InChI is InChI=1S/C13H16INO3/c1-13(2,12(17)18)8-15-11(16)7-9-5-3-4-6-10(9)14/h3-6H,7-8H2,1-2H3,(H,15,16)(H,17,18). The van der Waals surface area contributed by atoms with E-state index in [1.165, 1.54) is 0 Å². The fourth-order valence-corrected chi connectivity index (χ4v) is 1.85. The number of carboxylic acid groups (broad SMARTS) is 1. The van der Waals surface area contributed by atoms with Gasteiger partial charge in [-0.25, -0.2) is 0 Å². The van der Waals surface area contributed by atoms with Crippen LogP contribution in [0.3, 0.4) is 0 Å². The predicted molar refractivity (Wildman–Crippen MR) is 77.3 cm³/mol. The first kappa shape index (κ1) is 14.9. The van der Waals surface area contributed by atoms with Crippen LogP contribution in [0.1, 0.15) is 19.4 Å². The highest BCUT2D eigenvalue weighted by Crippen LogP contribution is 2.14. The zero-order valence-electron chi connectivity index (χ0n) is 10.4. The minimum atomic E-state index is -0.945. The van der Waals surface area contributed by atoms with Crippen LogP contribution < -0.4 is 5.32 Å². The number of benzene rings is 1. The number of aliphatic carboxylic acids is 1. The molecule has 5 heteroatoms. The Morgan fingerprint density at radius 2 is 1.94 bits per heavy atom. The third-order valence-electron chi connectivity index (χ3n) is 2.62. The Morgan fingerprint density at radius 1 is 1.33 bits per heavy atom. The van der Waals surface area contributed by atoms with Crippen molar-refractivity contribution < 1.29 is 14.7 Å². The Labute approximate surface area is 120 Å². The van der Waals surface area contributed by atoms with Gasteiger partial charge in [0.1, 0.15) is 0 Å². The van der Waals surface area contributed by atoms with Crippen molar-refractivity contribution in [2.45, 2.75) is 20.3 Å². The summed E-state index contributed by atoms with van der Waals surface area (Å²) in [5, 5.41) is 11.6. The number of rotatable bonds is 5.